The third-order valence-corrected chi connectivity index (χ3v) is 8.00. The fraction of sp³-hybridized carbons (Fsp3) is 0.533. The van der Waals surface area contributed by atoms with Crippen LogP contribution in [0.1, 0.15) is 79.8 Å². The standard InChI is InChI=1S/C30H38F2N2O6/c1-18-23(15-24(38-4)25(22-11-12-22)26(18)39-5)19(2)34(13-14-40-20(3)21-9-7-6-8-10-21)28(37)33-29(27(35)36)16-30(31,32)17-29/h6-10,15,19-20,22H,11-14,16-17H2,1-5H3,(H,33,37)(H,35,36)/t19?,20-/m0/s1. The Kier molecular flexibility index (Phi) is 8.58. The smallest absolute Gasteiger partial charge is 0.329 e. The normalized spacial score (nSPS) is 18.7. The van der Waals surface area contributed by atoms with Gasteiger partial charge in [-0.05, 0) is 62.3 Å². The van der Waals surface area contributed by atoms with Gasteiger partial charge in [0.1, 0.15) is 11.5 Å². The van der Waals surface area contributed by atoms with Gasteiger partial charge in [-0.1, -0.05) is 30.3 Å². The predicted octanol–water partition coefficient (Wildman–Crippen LogP) is 5.99. The van der Waals surface area contributed by atoms with E-state index in [9.17, 15) is 23.5 Å². The van der Waals surface area contributed by atoms with Crippen molar-refractivity contribution < 1.29 is 37.7 Å². The number of amides is 2. The van der Waals surface area contributed by atoms with E-state index < -0.39 is 42.3 Å². The van der Waals surface area contributed by atoms with E-state index in [4.69, 9.17) is 14.2 Å². The molecule has 0 radical (unpaired) electrons. The van der Waals surface area contributed by atoms with E-state index in [0.717, 1.165) is 35.1 Å². The van der Waals surface area contributed by atoms with Gasteiger partial charge in [-0.3, -0.25) is 0 Å². The van der Waals surface area contributed by atoms with Crippen molar-refractivity contribution in [2.24, 2.45) is 0 Å². The second kappa shape index (κ2) is 11.6. The average Bonchev–Trinajstić information content (AvgIpc) is 3.74. The van der Waals surface area contributed by atoms with Gasteiger partial charge in [-0.15, -0.1) is 0 Å². The van der Waals surface area contributed by atoms with Gasteiger partial charge in [0.15, 0.2) is 5.54 Å². The monoisotopic (exact) mass is 560 g/mol. The maximum Gasteiger partial charge on any atom is 0.329 e. The first-order chi connectivity index (χ1) is 18.9. The Hall–Kier alpha value is -3.40. The molecule has 0 aromatic heterocycles. The van der Waals surface area contributed by atoms with Crippen LogP contribution in [0.15, 0.2) is 36.4 Å². The molecule has 8 nitrogen and oxygen atoms in total. The summed E-state index contributed by atoms with van der Waals surface area (Å²) in [5.74, 6) is -2.94. The van der Waals surface area contributed by atoms with Gasteiger partial charge < -0.3 is 29.5 Å². The molecule has 2 aromatic carbocycles. The van der Waals surface area contributed by atoms with Crippen LogP contribution in [0.5, 0.6) is 11.5 Å². The molecule has 2 aliphatic carbocycles. The number of benzene rings is 2. The molecular formula is C30H38F2N2O6. The first-order valence-corrected chi connectivity index (χ1v) is 13.5. The zero-order valence-electron chi connectivity index (χ0n) is 23.6. The van der Waals surface area contributed by atoms with Crippen LogP contribution in [0, 0.1) is 6.92 Å². The Morgan fingerprint density at radius 3 is 2.30 bits per heavy atom. The van der Waals surface area contributed by atoms with E-state index in [-0.39, 0.29) is 19.3 Å². The summed E-state index contributed by atoms with van der Waals surface area (Å²) in [4.78, 5) is 27.0. The number of ether oxygens (including phenoxy) is 3. The molecule has 2 aliphatic rings. The van der Waals surface area contributed by atoms with Gasteiger partial charge >= 0.3 is 12.0 Å². The van der Waals surface area contributed by atoms with Crippen molar-refractivity contribution in [1.29, 1.82) is 0 Å². The highest BCUT2D eigenvalue weighted by atomic mass is 19.3. The molecule has 1 unspecified atom stereocenters. The summed E-state index contributed by atoms with van der Waals surface area (Å²) in [6.07, 6.45) is -0.0941. The molecular weight excluding hydrogens is 522 g/mol. The molecule has 0 aliphatic heterocycles. The Balaban J connectivity index is 1.62. The molecule has 10 heteroatoms. The number of methoxy groups -OCH3 is 2. The zero-order chi connectivity index (χ0) is 29.2. The lowest BCUT2D eigenvalue weighted by Gasteiger charge is -2.45. The molecule has 0 spiro atoms. The quantitative estimate of drug-likeness (QED) is 0.331. The van der Waals surface area contributed by atoms with E-state index >= 15 is 0 Å². The van der Waals surface area contributed by atoms with Crippen molar-refractivity contribution >= 4 is 12.0 Å². The minimum atomic E-state index is -3.15. The molecule has 0 bridgehead atoms. The number of nitrogens with one attached hydrogen (secondary N) is 1. The molecule has 2 saturated carbocycles. The molecule has 2 atom stereocenters. The highest BCUT2D eigenvalue weighted by Crippen LogP contribution is 2.51. The van der Waals surface area contributed by atoms with Crippen molar-refractivity contribution in [3.8, 4) is 11.5 Å². The maximum atomic E-state index is 13.8. The van der Waals surface area contributed by atoms with Crippen LogP contribution in [0.4, 0.5) is 13.6 Å². The summed E-state index contributed by atoms with van der Waals surface area (Å²) < 4.78 is 45.1. The van der Waals surface area contributed by atoms with Crippen molar-refractivity contribution in [2.75, 3.05) is 27.4 Å². The molecule has 2 aromatic rings. The van der Waals surface area contributed by atoms with Gasteiger partial charge in [-0.2, -0.15) is 0 Å². The number of hydrogen-bond donors (Lipinski definition) is 2. The van der Waals surface area contributed by atoms with Crippen LogP contribution in [0.3, 0.4) is 0 Å². The average molecular weight is 561 g/mol. The SMILES string of the molecule is COc1cc(C(C)N(CCO[C@@H](C)c2ccccc2)C(=O)NC2(C(=O)O)CC(F)(F)C2)c(C)c(OC)c1C1CC1. The number of rotatable bonds is 12. The molecule has 2 N–H and O–H groups in total. The lowest BCUT2D eigenvalue weighted by atomic mass is 9.73. The van der Waals surface area contributed by atoms with Gasteiger partial charge in [0.05, 0.1) is 33.0 Å². The highest BCUT2D eigenvalue weighted by Gasteiger charge is 2.62. The summed E-state index contributed by atoms with van der Waals surface area (Å²) in [6, 6.07) is 10.1. The van der Waals surface area contributed by atoms with E-state index in [1.54, 1.807) is 21.1 Å². The van der Waals surface area contributed by atoms with Crippen molar-refractivity contribution in [2.45, 2.75) is 76.0 Å². The summed E-state index contributed by atoms with van der Waals surface area (Å²) in [6.45, 7) is 5.84. The number of halogens is 2. The van der Waals surface area contributed by atoms with Crippen LogP contribution < -0.4 is 14.8 Å². The van der Waals surface area contributed by atoms with E-state index in [1.165, 1.54) is 4.90 Å². The van der Waals surface area contributed by atoms with Crippen molar-refractivity contribution in [3.63, 3.8) is 0 Å². The van der Waals surface area contributed by atoms with Gasteiger partial charge in [0.25, 0.3) is 5.92 Å². The lowest BCUT2D eigenvalue weighted by molar-refractivity contribution is -0.175. The van der Waals surface area contributed by atoms with E-state index in [2.05, 4.69) is 5.32 Å². The number of alkyl halides is 2. The number of carboxylic acids is 1. The van der Waals surface area contributed by atoms with Crippen LogP contribution in [-0.4, -0.2) is 60.8 Å². The van der Waals surface area contributed by atoms with E-state index in [1.807, 2.05) is 50.2 Å². The lowest BCUT2D eigenvalue weighted by Crippen LogP contribution is -2.68. The zero-order valence-corrected chi connectivity index (χ0v) is 23.6. The summed E-state index contributed by atoms with van der Waals surface area (Å²) >= 11 is 0. The van der Waals surface area contributed by atoms with Crippen LogP contribution >= 0.6 is 0 Å². The number of urea groups is 1. The molecule has 2 fully saturated rings. The minimum Gasteiger partial charge on any atom is -0.496 e. The Labute approximate surface area is 233 Å². The Morgan fingerprint density at radius 1 is 1.12 bits per heavy atom. The molecule has 40 heavy (non-hydrogen) atoms. The molecule has 4 rings (SSSR count). The Bertz CT molecular complexity index is 1230. The van der Waals surface area contributed by atoms with Crippen LogP contribution in [-0.2, 0) is 9.53 Å². The van der Waals surface area contributed by atoms with Gasteiger partial charge in [-0.25, -0.2) is 18.4 Å². The third-order valence-electron chi connectivity index (χ3n) is 8.00. The minimum absolute atomic E-state index is 0.0880. The fourth-order valence-corrected chi connectivity index (χ4v) is 5.58. The molecule has 0 heterocycles. The maximum absolute atomic E-state index is 13.8. The first-order valence-electron chi connectivity index (χ1n) is 13.5. The molecule has 218 valence electrons. The van der Waals surface area contributed by atoms with Crippen LogP contribution in [0.25, 0.3) is 0 Å². The summed E-state index contributed by atoms with van der Waals surface area (Å²) in [5, 5.41) is 12.1. The number of carboxylic acid groups (broad SMARTS) is 1. The Morgan fingerprint density at radius 2 is 1.77 bits per heavy atom. The molecule has 2 amide bonds. The predicted molar refractivity (Wildman–Crippen MR) is 145 cm³/mol. The fourth-order valence-electron chi connectivity index (χ4n) is 5.58. The number of hydrogen-bond acceptors (Lipinski definition) is 5. The number of nitrogens with zero attached hydrogens (tertiary/aromatic N) is 1. The third kappa shape index (κ3) is 6.01. The highest BCUT2D eigenvalue weighted by molar-refractivity contribution is 5.88. The van der Waals surface area contributed by atoms with Gasteiger partial charge in [0, 0.05) is 24.9 Å². The first kappa shape index (κ1) is 29.6. The second-order valence-electron chi connectivity index (χ2n) is 10.8. The summed E-state index contributed by atoms with van der Waals surface area (Å²) in [5.41, 5.74) is 1.51. The van der Waals surface area contributed by atoms with Crippen molar-refractivity contribution in [3.05, 3.63) is 58.7 Å². The number of carbonyl (C=O) groups excluding carboxylic acids is 1. The number of aliphatic carboxylic acids is 1. The number of carbonyl (C=O) groups is 2. The second-order valence-corrected chi connectivity index (χ2v) is 10.8. The summed E-state index contributed by atoms with van der Waals surface area (Å²) in [7, 11) is 3.18. The van der Waals surface area contributed by atoms with Gasteiger partial charge in [0.2, 0.25) is 0 Å². The molecule has 0 saturated heterocycles. The van der Waals surface area contributed by atoms with Crippen LogP contribution in [0.2, 0.25) is 0 Å². The van der Waals surface area contributed by atoms with E-state index in [0.29, 0.717) is 17.4 Å². The largest absolute Gasteiger partial charge is 0.496 e. The topological polar surface area (TPSA) is 97.3 Å². The van der Waals surface area contributed by atoms with Crippen molar-refractivity contribution in [1.82, 2.24) is 10.2 Å².